The largest absolute Gasteiger partial charge is 0.508 e. The van der Waals surface area contributed by atoms with Gasteiger partial charge in [-0.3, -0.25) is 4.79 Å². The normalized spacial score (nSPS) is 17.3. The predicted molar refractivity (Wildman–Crippen MR) is 112 cm³/mol. The smallest absolute Gasteiger partial charge is 0.348 e. The van der Waals surface area contributed by atoms with E-state index in [4.69, 9.17) is 9.47 Å². The van der Waals surface area contributed by atoms with Crippen LogP contribution in [0.5, 0.6) is 11.5 Å². The second-order valence-corrected chi connectivity index (χ2v) is 7.30. The highest BCUT2D eigenvalue weighted by Gasteiger charge is 2.44. The topological polar surface area (TPSA) is 77.8 Å². The third-order valence-electron chi connectivity index (χ3n) is 5.33. The number of phenolic OH excluding ortho intramolecular Hbond substituents is 1. The van der Waals surface area contributed by atoms with Crippen LogP contribution in [0.1, 0.15) is 35.2 Å². The van der Waals surface area contributed by atoms with Crippen LogP contribution in [0.3, 0.4) is 0 Å². The average Bonchev–Trinajstić information content (AvgIpc) is 3.12. The minimum absolute atomic E-state index is 0.107. The number of aromatic nitrogens is 1. The Morgan fingerprint density at radius 3 is 2.50 bits per heavy atom. The summed E-state index contributed by atoms with van der Waals surface area (Å²) >= 11 is 0. The number of aromatic hydroxyl groups is 1. The molecule has 2 heterocycles. The lowest BCUT2D eigenvalue weighted by Crippen LogP contribution is -2.33. The van der Waals surface area contributed by atoms with Crippen LogP contribution in [0.15, 0.2) is 65.5 Å². The Hall–Kier alpha value is -3.54. The van der Waals surface area contributed by atoms with Gasteiger partial charge in [0.2, 0.25) is 6.10 Å². The molecule has 2 aromatic carbocycles. The fraction of sp³-hybridized carbons (Fsp3) is 0.250. The Balaban J connectivity index is 1.84. The van der Waals surface area contributed by atoms with E-state index in [1.54, 1.807) is 29.7 Å². The number of pyridine rings is 1. The van der Waals surface area contributed by atoms with E-state index in [2.05, 4.69) is 0 Å². The number of rotatable bonds is 5. The summed E-state index contributed by atoms with van der Waals surface area (Å²) in [5.41, 5.74) is 2.69. The number of phenols is 1. The highest BCUT2D eigenvalue weighted by molar-refractivity contribution is 5.79. The third-order valence-corrected chi connectivity index (χ3v) is 5.33. The predicted octanol–water partition coefficient (Wildman–Crippen LogP) is 3.37. The maximum atomic E-state index is 13.5. The van der Waals surface area contributed by atoms with E-state index >= 15 is 0 Å². The van der Waals surface area contributed by atoms with Crippen molar-refractivity contribution in [2.45, 2.75) is 32.4 Å². The third kappa shape index (κ3) is 3.56. The zero-order chi connectivity index (χ0) is 21.3. The van der Waals surface area contributed by atoms with Gasteiger partial charge >= 0.3 is 5.97 Å². The van der Waals surface area contributed by atoms with Crippen LogP contribution in [0, 0.1) is 6.92 Å². The SMILES string of the molecule is CCOC(=O)[C@@H]1Oc2cc(C)n(Cc3ccccc3)c(=O)c2[C@H]1c1ccc(O)cc1. The van der Waals surface area contributed by atoms with Crippen LogP contribution >= 0.6 is 0 Å². The average molecular weight is 405 g/mol. The first-order chi connectivity index (χ1) is 14.5. The summed E-state index contributed by atoms with van der Waals surface area (Å²) in [6.45, 7) is 4.22. The second-order valence-electron chi connectivity index (χ2n) is 7.30. The minimum atomic E-state index is -0.954. The summed E-state index contributed by atoms with van der Waals surface area (Å²) in [6, 6.07) is 18.0. The molecule has 2 atom stereocenters. The highest BCUT2D eigenvalue weighted by atomic mass is 16.6. The summed E-state index contributed by atoms with van der Waals surface area (Å²) in [7, 11) is 0. The van der Waals surface area contributed by atoms with Gasteiger partial charge in [0.15, 0.2) is 0 Å². The Kier molecular flexibility index (Phi) is 5.31. The Morgan fingerprint density at radius 1 is 1.13 bits per heavy atom. The highest BCUT2D eigenvalue weighted by Crippen LogP contribution is 2.41. The first-order valence-electron chi connectivity index (χ1n) is 9.90. The Bertz CT molecular complexity index is 1120. The summed E-state index contributed by atoms with van der Waals surface area (Å²) in [5, 5.41) is 9.66. The first-order valence-corrected chi connectivity index (χ1v) is 9.90. The Morgan fingerprint density at radius 2 is 1.83 bits per heavy atom. The lowest BCUT2D eigenvalue weighted by atomic mass is 9.88. The van der Waals surface area contributed by atoms with E-state index in [1.165, 1.54) is 12.1 Å². The van der Waals surface area contributed by atoms with Gasteiger partial charge in [-0.25, -0.2) is 4.79 Å². The molecule has 0 bridgehead atoms. The standard InChI is InChI=1S/C24H23NO5/c1-3-29-24(28)22-20(17-9-11-18(26)12-10-17)21-19(30-22)13-15(2)25(23(21)27)14-16-7-5-4-6-8-16/h4-13,20,22,26H,3,14H2,1-2H3/t20-,22-/m1/s1. The van der Waals surface area contributed by atoms with Crippen LogP contribution < -0.4 is 10.3 Å². The summed E-state index contributed by atoms with van der Waals surface area (Å²) in [4.78, 5) is 26.2. The molecule has 0 amide bonds. The van der Waals surface area contributed by atoms with Crippen LogP contribution in [0.2, 0.25) is 0 Å². The number of carbonyl (C=O) groups excluding carboxylic acids is 1. The molecule has 3 aromatic rings. The van der Waals surface area contributed by atoms with E-state index in [1.807, 2.05) is 37.3 Å². The van der Waals surface area contributed by atoms with Gasteiger partial charge in [0.05, 0.1) is 24.6 Å². The molecule has 0 aliphatic carbocycles. The molecular weight excluding hydrogens is 382 g/mol. The number of hydrogen-bond acceptors (Lipinski definition) is 5. The maximum absolute atomic E-state index is 13.5. The fourth-order valence-electron chi connectivity index (χ4n) is 3.89. The lowest BCUT2D eigenvalue weighted by molar-refractivity contribution is -0.151. The van der Waals surface area contributed by atoms with Gasteiger partial charge in [-0.1, -0.05) is 42.5 Å². The molecule has 6 heteroatoms. The maximum Gasteiger partial charge on any atom is 0.348 e. The van der Waals surface area contributed by atoms with Crippen LogP contribution in [-0.4, -0.2) is 28.4 Å². The van der Waals surface area contributed by atoms with Crippen molar-refractivity contribution in [2.24, 2.45) is 0 Å². The molecular formula is C24H23NO5. The molecule has 0 spiro atoms. The van der Waals surface area contributed by atoms with Gasteiger partial charge in [-0.05, 0) is 37.1 Å². The number of aryl methyl sites for hydroxylation is 1. The number of ether oxygens (including phenoxy) is 2. The molecule has 30 heavy (non-hydrogen) atoms. The van der Waals surface area contributed by atoms with Crippen molar-refractivity contribution in [2.75, 3.05) is 6.61 Å². The van der Waals surface area contributed by atoms with Crippen molar-refractivity contribution in [3.63, 3.8) is 0 Å². The summed E-state index contributed by atoms with van der Waals surface area (Å²) in [6.07, 6.45) is -0.954. The second kappa shape index (κ2) is 8.06. The molecule has 6 nitrogen and oxygen atoms in total. The molecule has 0 saturated carbocycles. The van der Waals surface area contributed by atoms with E-state index < -0.39 is 18.0 Å². The van der Waals surface area contributed by atoms with E-state index in [0.717, 1.165) is 11.3 Å². The molecule has 1 aromatic heterocycles. The van der Waals surface area contributed by atoms with Crippen molar-refractivity contribution in [3.05, 3.63) is 93.4 Å². The van der Waals surface area contributed by atoms with Gasteiger partial charge in [-0.15, -0.1) is 0 Å². The monoisotopic (exact) mass is 405 g/mol. The van der Waals surface area contributed by atoms with Crippen LogP contribution in [-0.2, 0) is 16.1 Å². The number of hydrogen-bond donors (Lipinski definition) is 1. The summed E-state index contributed by atoms with van der Waals surface area (Å²) in [5.74, 6) is -0.623. The van der Waals surface area contributed by atoms with E-state index in [-0.39, 0.29) is 17.9 Å². The molecule has 0 unspecified atom stereocenters. The number of esters is 1. The number of carbonyl (C=O) groups is 1. The minimum Gasteiger partial charge on any atom is -0.508 e. The molecule has 154 valence electrons. The van der Waals surface area contributed by atoms with Crippen LogP contribution in [0.25, 0.3) is 0 Å². The van der Waals surface area contributed by atoms with Crippen molar-refractivity contribution in [1.29, 1.82) is 0 Å². The molecule has 1 aliphatic rings. The van der Waals surface area contributed by atoms with Crippen molar-refractivity contribution >= 4 is 5.97 Å². The molecule has 0 saturated heterocycles. The molecule has 1 aliphatic heterocycles. The van der Waals surface area contributed by atoms with E-state index in [9.17, 15) is 14.7 Å². The van der Waals surface area contributed by atoms with Crippen LogP contribution in [0.4, 0.5) is 0 Å². The molecule has 4 rings (SSSR count). The number of fused-ring (bicyclic) bond motifs is 1. The molecule has 0 radical (unpaired) electrons. The quantitative estimate of drug-likeness (QED) is 0.659. The van der Waals surface area contributed by atoms with Gasteiger partial charge in [0, 0.05) is 11.8 Å². The lowest BCUT2D eigenvalue weighted by Gasteiger charge is -2.18. The fourth-order valence-corrected chi connectivity index (χ4v) is 3.89. The van der Waals surface area contributed by atoms with Crippen molar-refractivity contribution in [1.82, 2.24) is 4.57 Å². The van der Waals surface area contributed by atoms with Gasteiger partial charge in [-0.2, -0.15) is 0 Å². The van der Waals surface area contributed by atoms with Gasteiger partial charge in [0.25, 0.3) is 5.56 Å². The van der Waals surface area contributed by atoms with Gasteiger partial charge in [0.1, 0.15) is 11.5 Å². The van der Waals surface area contributed by atoms with Gasteiger partial charge < -0.3 is 19.1 Å². The number of nitrogens with zero attached hydrogens (tertiary/aromatic N) is 1. The van der Waals surface area contributed by atoms with E-state index in [0.29, 0.717) is 23.4 Å². The number of benzene rings is 2. The zero-order valence-corrected chi connectivity index (χ0v) is 16.9. The zero-order valence-electron chi connectivity index (χ0n) is 16.9. The first kappa shape index (κ1) is 19.8. The molecule has 0 fully saturated rings. The van der Waals surface area contributed by atoms with Crippen molar-refractivity contribution < 1.29 is 19.4 Å². The molecule has 1 N–H and O–H groups in total. The Labute approximate surface area is 174 Å². The van der Waals surface area contributed by atoms with Crippen molar-refractivity contribution in [3.8, 4) is 11.5 Å². The summed E-state index contributed by atoms with van der Waals surface area (Å²) < 4.78 is 12.8.